The highest BCUT2D eigenvalue weighted by molar-refractivity contribution is 5.85. The molecule has 26 heavy (non-hydrogen) atoms. The van der Waals surface area contributed by atoms with Crippen LogP contribution in [-0.4, -0.2) is 36.5 Å². The van der Waals surface area contributed by atoms with Crippen molar-refractivity contribution in [2.75, 3.05) is 19.6 Å². The monoisotopic (exact) mass is 382 g/mol. The Labute approximate surface area is 157 Å². The molecular formula is C19H21ClF2N2O2. The Balaban J connectivity index is 0.00000243. The topological polar surface area (TPSA) is 41.6 Å². The van der Waals surface area contributed by atoms with Gasteiger partial charge >= 0.3 is 0 Å². The quantitative estimate of drug-likeness (QED) is 0.882. The van der Waals surface area contributed by atoms with Crippen molar-refractivity contribution in [1.29, 1.82) is 0 Å². The van der Waals surface area contributed by atoms with Gasteiger partial charge in [-0.25, -0.2) is 8.78 Å². The predicted molar refractivity (Wildman–Crippen MR) is 97.5 cm³/mol. The van der Waals surface area contributed by atoms with E-state index in [2.05, 4.69) is 5.32 Å². The van der Waals surface area contributed by atoms with Crippen LogP contribution in [0.25, 0.3) is 0 Å². The lowest BCUT2D eigenvalue weighted by molar-refractivity contribution is -0.141. The van der Waals surface area contributed by atoms with E-state index in [1.807, 2.05) is 0 Å². The molecule has 7 heteroatoms. The van der Waals surface area contributed by atoms with Gasteiger partial charge in [-0.15, -0.1) is 12.4 Å². The van der Waals surface area contributed by atoms with Crippen molar-refractivity contribution in [3.05, 3.63) is 65.7 Å². The molecule has 0 aromatic heterocycles. The lowest BCUT2D eigenvalue weighted by Gasteiger charge is -2.38. The van der Waals surface area contributed by atoms with Crippen molar-refractivity contribution < 1.29 is 18.3 Å². The van der Waals surface area contributed by atoms with E-state index in [4.69, 9.17) is 4.74 Å². The second-order valence-corrected chi connectivity index (χ2v) is 6.02. The fourth-order valence-corrected chi connectivity index (χ4v) is 3.01. The lowest BCUT2D eigenvalue weighted by atomic mass is 10.0. The Morgan fingerprint density at radius 2 is 1.88 bits per heavy atom. The zero-order valence-electron chi connectivity index (χ0n) is 14.3. The van der Waals surface area contributed by atoms with E-state index in [-0.39, 0.29) is 30.2 Å². The van der Waals surface area contributed by atoms with Gasteiger partial charge in [-0.1, -0.05) is 18.2 Å². The highest BCUT2D eigenvalue weighted by atomic mass is 35.5. The van der Waals surface area contributed by atoms with Crippen LogP contribution in [0.1, 0.15) is 18.5 Å². The third-order valence-corrected chi connectivity index (χ3v) is 4.22. The smallest absolute Gasteiger partial charge is 0.263 e. The molecule has 2 aromatic carbocycles. The number of nitrogens with one attached hydrogen (secondary N) is 1. The molecule has 140 valence electrons. The number of hydrogen-bond acceptors (Lipinski definition) is 3. The number of carbonyl (C=O) groups excluding carboxylic acids is 1. The molecular weight excluding hydrogens is 362 g/mol. The van der Waals surface area contributed by atoms with Crippen LogP contribution in [0.2, 0.25) is 0 Å². The SMILES string of the molecule is CC(Oc1cccc(F)c1)C(=O)N1CCNCC1c1cccc(F)c1.Cl. The highest BCUT2D eigenvalue weighted by Gasteiger charge is 2.31. The van der Waals surface area contributed by atoms with Gasteiger partial charge in [0, 0.05) is 25.7 Å². The summed E-state index contributed by atoms with van der Waals surface area (Å²) in [7, 11) is 0. The standard InChI is InChI=1S/C19H20F2N2O2.ClH/c1-13(25-17-7-3-6-16(21)11-17)19(24)23-9-8-22-12-18(23)14-4-2-5-15(20)10-14;/h2-7,10-11,13,18,22H,8-9,12H2,1H3;1H. The molecule has 4 nitrogen and oxygen atoms in total. The first kappa shape index (κ1) is 20.1. The third kappa shape index (κ3) is 4.71. The number of halogens is 3. The van der Waals surface area contributed by atoms with Gasteiger partial charge in [0.05, 0.1) is 6.04 Å². The van der Waals surface area contributed by atoms with Crippen LogP contribution in [0.5, 0.6) is 5.75 Å². The van der Waals surface area contributed by atoms with Gasteiger partial charge < -0.3 is 15.0 Å². The highest BCUT2D eigenvalue weighted by Crippen LogP contribution is 2.24. The predicted octanol–water partition coefficient (Wildman–Crippen LogP) is 3.33. The average Bonchev–Trinajstić information content (AvgIpc) is 2.61. The van der Waals surface area contributed by atoms with Crippen LogP contribution >= 0.6 is 12.4 Å². The van der Waals surface area contributed by atoms with Crippen LogP contribution in [0.15, 0.2) is 48.5 Å². The van der Waals surface area contributed by atoms with Crippen molar-refractivity contribution in [2.24, 2.45) is 0 Å². The second-order valence-electron chi connectivity index (χ2n) is 6.02. The molecule has 1 saturated heterocycles. The summed E-state index contributed by atoms with van der Waals surface area (Å²) in [4.78, 5) is 14.5. The summed E-state index contributed by atoms with van der Waals surface area (Å²) in [6, 6.07) is 11.7. The molecule has 2 unspecified atom stereocenters. The molecule has 1 N–H and O–H groups in total. The fourth-order valence-electron chi connectivity index (χ4n) is 3.01. The van der Waals surface area contributed by atoms with Gasteiger partial charge in [0.1, 0.15) is 17.4 Å². The van der Waals surface area contributed by atoms with Crippen LogP contribution in [-0.2, 0) is 4.79 Å². The first-order valence-corrected chi connectivity index (χ1v) is 8.23. The van der Waals surface area contributed by atoms with E-state index in [1.54, 1.807) is 30.0 Å². The van der Waals surface area contributed by atoms with Gasteiger partial charge in [-0.05, 0) is 36.8 Å². The number of piperazine rings is 1. The zero-order valence-corrected chi connectivity index (χ0v) is 15.1. The molecule has 0 aliphatic carbocycles. The molecule has 3 rings (SSSR count). The Kier molecular flexibility index (Phi) is 6.94. The number of carbonyl (C=O) groups is 1. The van der Waals surface area contributed by atoms with Gasteiger partial charge in [0.15, 0.2) is 6.10 Å². The van der Waals surface area contributed by atoms with Crippen LogP contribution in [0, 0.1) is 11.6 Å². The van der Waals surface area contributed by atoms with Crippen molar-refractivity contribution >= 4 is 18.3 Å². The number of ether oxygens (including phenoxy) is 1. The molecule has 0 radical (unpaired) electrons. The summed E-state index contributed by atoms with van der Waals surface area (Å²) in [6.45, 7) is 3.33. The molecule has 1 fully saturated rings. The Morgan fingerprint density at radius 1 is 1.19 bits per heavy atom. The number of rotatable bonds is 4. The van der Waals surface area contributed by atoms with Crippen LogP contribution in [0.4, 0.5) is 8.78 Å². The normalized spacial score (nSPS) is 18.0. The Morgan fingerprint density at radius 3 is 2.58 bits per heavy atom. The van der Waals surface area contributed by atoms with E-state index in [1.165, 1.54) is 30.3 Å². The minimum atomic E-state index is -0.768. The van der Waals surface area contributed by atoms with E-state index in [9.17, 15) is 13.6 Å². The average molecular weight is 383 g/mol. The van der Waals surface area contributed by atoms with Gasteiger partial charge in [0.25, 0.3) is 5.91 Å². The molecule has 1 aliphatic heterocycles. The molecule has 2 atom stereocenters. The molecule has 1 heterocycles. The van der Waals surface area contributed by atoms with Crippen molar-refractivity contribution in [1.82, 2.24) is 10.2 Å². The lowest BCUT2D eigenvalue weighted by Crippen LogP contribution is -2.52. The maximum atomic E-state index is 13.6. The summed E-state index contributed by atoms with van der Waals surface area (Å²) in [5.41, 5.74) is 0.735. The van der Waals surface area contributed by atoms with Crippen molar-refractivity contribution in [3.8, 4) is 5.75 Å². The van der Waals surface area contributed by atoms with E-state index >= 15 is 0 Å². The van der Waals surface area contributed by atoms with Gasteiger partial charge in [-0.3, -0.25) is 4.79 Å². The summed E-state index contributed by atoms with van der Waals surface area (Å²) < 4.78 is 32.4. The Bertz CT molecular complexity index is 760. The van der Waals surface area contributed by atoms with E-state index < -0.39 is 11.9 Å². The van der Waals surface area contributed by atoms with Crippen LogP contribution in [0.3, 0.4) is 0 Å². The number of amides is 1. The minimum absolute atomic E-state index is 0. The number of hydrogen-bond donors (Lipinski definition) is 1. The second kappa shape index (κ2) is 8.96. The molecule has 2 aromatic rings. The largest absolute Gasteiger partial charge is 0.481 e. The summed E-state index contributed by atoms with van der Waals surface area (Å²) in [6.07, 6.45) is -0.768. The molecule has 0 spiro atoms. The zero-order chi connectivity index (χ0) is 17.8. The summed E-state index contributed by atoms with van der Waals surface area (Å²) in [5, 5.41) is 3.23. The van der Waals surface area contributed by atoms with Gasteiger partial charge in [-0.2, -0.15) is 0 Å². The first-order chi connectivity index (χ1) is 12.0. The molecule has 1 amide bonds. The van der Waals surface area contributed by atoms with Gasteiger partial charge in [0.2, 0.25) is 0 Å². The van der Waals surface area contributed by atoms with Crippen LogP contribution < -0.4 is 10.1 Å². The first-order valence-electron chi connectivity index (χ1n) is 8.23. The fraction of sp³-hybridized carbons (Fsp3) is 0.316. The summed E-state index contributed by atoms with van der Waals surface area (Å²) >= 11 is 0. The maximum Gasteiger partial charge on any atom is 0.263 e. The third-order valence-electron chi connectivity index (χ3n) is 4.22. The molecule has 1 aliphatic rings. The summed E-state index contributed by atoms with van der Waals surface area (Å²) in [5.74, 6) is -0.658. The van der Waals surface area contributed by atoms with E-state index in [0.717, 1.165) is 5.56 Å². The number of nitrogens with zero attached hydrogens (tertiary/aromatic N) is 1. The number of benzene rings is 2. The minimum Gasteiger partial charge on any atom is -0.481 e. The van der Waals surface area contributed by atoms with Crippen molar-refractivity contribution in [3.63, 3.8) is 0 Å². The molecule has 0 saturated carbocycles. The van der Waals surface area contributed by atoms with Crippen molar-refractivity contribution in [2.45, 2.75) is 19.1 Å². The Hall–Kier alpha value is -2.18. The van der Waals surface area contributed by atoms with E-state index in [0.29, 0.717) is 25.4 Å². The maximum absolute atomic E-state index is 13.6. The molecule has 0 bridgehead atoms.